The lowest BCUT2D eigenvalue weighted by Crippen LogP contribution is -2.42. The molecule has 1 aromatic carbocycles. The number of hydrogen-bond acceptors (Lipinski definition) is 4. The molecule has 122 valence electrons. The molecule has 1 N–H and O–H groups in total. The summed E-state index contributed by atoms with van der Waals surface area (Å²) in [5, 5.41) is 2.60. The van der Waals surface area contributed by atoms with Gasteiger partial charge in [0, 0.05) is 4.90 Å². The summed E-state index contributed by atoms with van der Waals surface area (Å²) in [6, 6.07) is 7.21. The van der Waals surface area contributed by atoms with Crippen molar-refractivity contribution in [1.82, 2.24) is 5.32 Å². The minimum Gasteiger partial charge on any atom is -0.444 e. The Morgan fingerprint density at radius 1 is 1.23 bits per heavy atom. The van der Waals surface area contributed by atoms with Gasteiger partial charge in [0.05, 0.1) is 0 Å². The first-order valence-electron chi connectivity index (χ1n) is 7.49. The molecule has 0 bridgehead atoms. The molecule has 1 amide bonds. The molecule has 5 heteroatoms. The number of benzene rings is 1. The van der Waals surface area contributed by atoms with Crippen LogP contribution in [0.5, 0.6) is 0 Å². The molecule has 0 aliphatic heterocycles. The fraction of sp³-hybridized carbons (Fsp3) is 0.529. The molecule has 22 heavy (non-hydrogen) atoms. The Hall–Kier alpha value is -1.49. The molecule has 0 aromatic heterocycles. The molecule has 0 unspecified atom stereocenters. The Kier molecular flexibility index (Phi) is 6.94. The third-order valence-corrected chi connectivity index (χ3v) is 3.79. The Morgan fingerprint density at radius 3 is 2.32 bits per heavy atom. The molecule has 0 fully saturated rings. The molecule has 4 nitrogen and oxygen atoms in total. The molecular weight excluding hydrogens is 298 g/mol. The zero-order valence-electron chi connectivity index (χ0n) is 13.9. The van der Waals surface area contributed by atoms with E-state index in [0.29, 0.717) is 6.42 Å². The van der Waals surface area contributed by atoms with E-state index in [2.05, 4.69) is 5.32 Å². The first kappa shape index (κ1) is 18.6. The summed E-state index contributed by atoms with van der Waals surface area (Å²) < 4.78 is 5.22. The van der Waals surface area contributed by atoms with E-state index in [9.17, 15) is 9.59 Å². The molecule has 0 saturated carbocycles. The van der Waals surface area contributed by atoms with Gasteiger partial charge in [-0.05, 0) is 58.0 Å². The number of hydrogen-bond donors (Lipinski definition) is 1. The van der Waals surface area contributed by atoms with Crippen LogP contribution in [-0.2, 0) is 9.53 Å². The molecule has 0 spiro atoms. The Bertz CT molecular complexity index is 506. The van der Waals surface area contributed by atoms with Crippen molar-refractivity contribution in [3.05, 3.63) is 29.8 Å². The second kappa shape index (κ2) is 8.22. The zero-order valence-corrected chi connectivity index (χ0v) is 14.8. The summed E-state index contributed by atoms with van der Waals surface area (Å²) in [5.74, 6) is 0. The number of carbonyl (C=O) groups excluding carboxylic acids is 2. The predicted molar refractivity (Wildman–Crippen MR) is 90.1 cm³/mol. The third-order valence-electron chi connectivity index (χ3n) is 2.79. The number of alkyl carbamates (subject to hydrolysis) is 1. The zero-order chi connectivity index (χ0) is 16.8. The van der Waals surface area contributed by atoms with Gasteiger partial charge < -0.3 is 10.1 Å². The SMILES string of the molecule is CCC[C@@H](NC(=O)OC(C)(C)C)C(=O)Sc1ccc(C)cc1. The lowest BCUT2D eigenvalue weighted by Gasteiger charge is -2.22. The summed E-state index contributed by atoms with van der Waals surface area (Å²) in [6.07, 6.45) is 0.848. The summed E-state index contributed by atoms with van der Waals surface area (Å²) in [7, 11) is 0. The maximum absolute atomic E-state index is 12.4. The monoisotopic (exact) mass is 323 g/mol. The maximum Gasteiger partial charge on any atom is 0.408 e. The van der Waals surface area contributed by atoms with E-state index in [1.165, 1.54) is 0 Å². The van der Waals surface area contributed by atoms with E-state index in [1.807, 2.05) is 38.1 Å². The van der Waals surface area contributed by atoms with Gasteiger partial charge in [0.25, 0.3) is 0 Å². The summed E-state index contributed by atoms with van der Waals surface area (Å²) in [5.41, 5.74) is 0.572. The fourth-order valence-corrected chi connectivity index (χ4v) is 2.60. The van der Waals surface area contributed by atoms with Crippen LogP contribution in [0.1, 0.15) is 46.1 Å². The molecule has 0 heterocycles. The van der Waals surface area contributed by atoms with E-state index < -0.39 is 17.7 Å². The molecular formula is C17H25NO3S. The molecule has 0 aliphatic rings. The lowest BCUT2D eigenvalue weighted by atomic mass is 10.2. The first-order valence-corrected chi connectivity index (χ1v) is 8.31. The minimum atomic E-state index is -0.575. The van der Waals surface area contributed by atoms with Crippen molar-refractivity contribution in [3.8, 4) is 0 Å². The van der Waals surface area contributed by atoms with Gasteiger partial charge in [-0.1, -0.05) is 31.0 Å². The molecule has 0 aliphatic carbocycles. The Balaban J connectivity index is 2.66. The van der Waals surface area contributed by atoms with Crippen LogP contribution in [-0.4, -0.2) is 22.9 Å². The van der Waals surface area contributed by atoms with Crippen LogP contribution >= 0.6 is 11.8 Å². The third kappa shape index (κ3) is 6.98. The number of carbonyl (C=O) groups is 2. The Labute approximate surface area is 137 Å². The summed E-state index contributed by atoms with van der Waals surface area (Å²) in [6.45, 7) is 9.37. The highest BCUT2D eigenvalue weighted by atomic mass is 32.2. The molecule has 1 rings (SSSR count). The van der Waals surface area contributed by atoms with Crippen LogP contribution in [0.3, 0.4) is 0 Å². The lowest BCUT2D eigenvalue weighted by molar-refractivity contribution is -0.113. The number of amides is 1. The van der Waals surface area contributed by atoms with Gasteiger partial charge in [0.2, 0.25) is 5.12 Å². The van der Waals surface area contributed by atoms with Gasteiger partial charge in [-0.15, -0.1) is 0 Å². The van der Waals surface area contributed by atoms with Crippen LogP contribution in [0.15, 0.2) is 29.2 Å². The van der Waals surface area contributed by atoms with Crippen LogP contribution in [0.4, 0.5) is 4.79 Å². The highest BCUT2D eigenvalue weighted by molar-refractivity contribution is 8.13. The van der Waals surface area contributed by atoms with Crippen LogP contribution in [0, 0.1) is 6.92 Å². The molecule has 0 saturated heterocycles. The highest BCUT2D eigenvalue weighted by Gasteiger charge is 2.24. The number of aryl methyl sites for hydroxylation is 1. The minimum absolute atomic E-state index is 0.0726. The molecule has 1 atom stereocenters. The number of rotatable bonds is 5. The standard InChI is InChI=1S/C17H25NO3S/c1-6-7-14(18-16(20)21-17(3,4)5)15(19)22-13-10-8-12(2)9-11-13/h8-11,14H,6-7H2,1-5H3,(H,18,20)/t14-/m1/s1. The number of thioether (sulfide) groups is 1. The average Bonchev–Trinajstić information content (AvgIpc) is 2.38. The van der Waals surface area contributed by atoms with Gasteiger partial charge in [-0.25, -0.2) is 4.79 Å². The van der Waals surface area contributed by atoms with E-state index in [0.717, 1.165) is 28.6 Å². The van der Waals surface area contributed by atoms with E-state index in [1.54, 1.807) is 20.8 Å². The maximum atomic E-state index is 12.4. The summed E-state index contributed by atoms with van der Waals surface area (Å²) >= 11 is 1.15. The van der Waals surface area contributed by atoms with E-state index in [4.69, 9.17) is 4.74 Å². The van der Waals surface area contributed by atoms with Gasteiger partial charge >= 0.3 is 6.09 Å². The normalized spacial score (nSPS) is 12.6. The molecule has 1 aromatic rings. The number of ether oxygens (including phenoxy) is 1. The quantitative estimate of drug-likeness (QED) is 0.821. The average molecular weight is 323 g/mol. The topological polar surface area (TPSA) is 55.4 Å². The van der Waals surface area contributed by atoms with Crippen molar-refractivity contribution in [3.63, 3.8) is 0 Å². The highest BCUT2D eigenvalue weighted by Crippen LogP contribution is 2.22. The van der Waals surface area contributed by atoms with Gasteiger partial charge in [0.15, 0.2) is 0 Å². The van der Waals surface area contributed by atoms with Crippen LogP contribution in [0.25, 0.3) is 0 Å². The van der Waals surface area contributed by atoms with Crippen molar-refractivity contribution in [2.24, 2.45) is 0 Å². The van der Waals surface area contributed by atoms with Crippen molar-refractivity contribution in [2.45, 2.75) is 64.0 Å². The van der Waals surface area contributed by atoms with Gasteiger partial charge in [0.1, 0.15) is 11.6 Å². The predicted octanol–water partition coefficient (Wildman–Crippen LogP) is 4.31. The van der Waals surface area contributed by atoms with E-state index >= 15 is 0 Å². The smallest absolute Gasteiger partial charge is 0.408 e. The van der Waals surface area contributed by atoms with E-state index in [-0.39, 0.29) is 5.12 Å². The van der Waals surface area contributed by atoms with Crippen molar-refractivity contribution < 1.29 is 14.3 Å². The van der Waals surface area contributed by atoms with Crippen LogP contribution in [0.2, 0.25) is 0 Å². The first-order chi connectivity index (χ1) is 10.2. The Morgan fingerprint density at radius 2 is 1.82 bits per heavy atom. The second-order valence-electron chi connectivity index (χ2n) is 6.22. The second-order valence-corrected chi connectivity index (χ2v) is 7.30. The fourth-order valence-electron chi connectivity index (χ4n) is 1.78. The van der Waals surface area contributed by atoms with Crippen LogP contribution < -0.4 is 5.32 Å². The van der Waals surface area contributed by atoms with Crippen molar-refractivity contribution in [1.29, 1.82) is 0 Å². The summed E-state index contributed by atoms with van der Waals surface area (Å²) in [4.78, 5) is 25.1. The van der Waals surface area contributed by atoms with Crippen molar-refractivity contribution >= 4 is 23.0 Å². The van der Waals surface area contributed by atoms with Gasteiger partial charge in [-0.2, -0.15) is 0 Å². The largest absolute Gasteiger partial charge is 0.444 e. The van der Waals surface area contributed by atoms with Gasteiger partial charge in [-0.3, -0.25) is 4.79 Å². The molecule has 0 radical (unpaired) electrons. The van der Waals surface area contributed by atoms with Crippen molar-refractivity contribution in [2.75, 3.05) is 0 Å². The number of nitrogens with one attached hydrogen (secondary N) is 1.